The number of halogens is 2. The second-order valence-corrected chi connectivity index (χ2v) is 6.19. The average molecular weight is 439 g/mol. The molecular weight excluding hydrogens is 428 g/mol. The van der Waals surface area contributed by atoms with E-state index < -0.39 is 12.0 Å². The van der Waals surface area contributed by atoms with Crippen molar-refractivity contribution in [1.82, 2.24) is 9.97 Å². The minimum atomic E-state index is -1.54. The van der Waals surface area contributed by atoms with Crippen LogP contribution in [0.4, 0.5) is 20.6 Å². The molecular formula is C16H11FIN3O3. The first-order valence-electron chi connectivity index (χ1n) is 6.83. The van der Waals surface area contributed by atoms with Gasteiger partial charge in [-0.3, -0.25) is 4.98 Å². The van der Waals surface area contributed by atoms with Crippen LogP contribution in [0, 0.1) is 16.3 Å². The summed E-state index contributed by atoms with van der Waals surface area (Å²) < 4.78 is 20.6. The molecule has 0 atom stereocenters. The third-order valence-corrected chi connectivity index (χ3v) is 3.98. The first-order chi connectivity index (χ1) is 11.5. The van der Waals surface area contributed by atoms with Gasteiger partial charge in [0.15, 0.2) is 11.6 Å². The summed E-state index contributed by atoms with van der Waals surface area (Å²) in [5.41, 5.74) is 1.64. The molecule has 0 aliphatic heterocycles. The normalized spacial score (nSPS) is 10.6. The number of hydrogen-bond donors (Lipinski definition) is 2. The number of benzene rings is 2. The van der Waals surface area contributed by atoms with Gasteiger partial charge in [-0.05, 0) is 53.3 Å². The number of ether oxygens (including phenoxy) is 1. The molecule has 2 N–H and O–H groups in total. The molecule has 0 fully saturated rings. The zero-order chi connectivity index (χ0) is 17.3. The zero-order valence-corrected chi connectivity index (χ0v) is 14.5. The van der Waals surface area contributed by atoms with Gasteiger partial charge in [-0.1, -0.05) is 0 Å². The van der Waals surface area contributed by atoms with Gasteiger partial charge in [0.25, 0.3) is 0 Å². The van der Waals surface area contributed by atoms with Gasteiger partial charge in [0.1, 0.15) is 11.2 Å². The van der Waals surface area contributed by atoms with Gasteiger partial charge >= 0.3 is 6.16 Å². The molecule has 0 saturated heterocycles. The molecule has 0 spiro atoms. The van der Waals surface area contributed by atoms with E-state index in [4.69, 9.17) is 9.84 Å². The van der Waals surface area contributed by atoms with E-state index in [1.807, 2.05) is 19.1 Å². The van der Waals surface area contributed by atoms with Crippen LogP contribution in [0.3, 0.4) is 0 Å². The van der Waals surface area contributed by atoms with Crippen LogP contribution < -0.4 is 10.1 Å². The third-order valence-electron chi connectivity index (χ3n) is 3.31. The van der Waals surface area contributed by atoms with Crippen LogP contribution in [-0.4, -0.2) is 21.2 Å². The van der Waals surface area contributed by atoms with Gasteiger partial charge in [-0.15, -0.1) is 0 Å². The molecule has 0 aliphatic carbocycles. The van der Waals surface area contributed by atoms with Crippen molar-refractivity contribution >= 4 is 51.2 Å². The van der Waals surface area contributed by atoms with Crippen LogP contribution >= 0.6 is 22.6 Å². The fraction of sp³-hybridized carbons (Fsp3) is 0.0625. The second-order valence-electron chi connectivity index (χ2n) is 4.94. The largest absolute Gasteiger partial charge is 0.511 e. The van der Waals surface area contributed by atoms with E-state index in [-0.39, 0.29) is 22.5 Å². The lowest BCUT2D eigenvalue weighted by Gasteiger charge is -2.15. The molecule has 1 aromatic heterocycles. The Bertz CT molecular complexity index is 949. The van der Waals surface area contributed by atoms with Crippen molar-refractivity contribution in [1.29, 1.82) is 0 Å². The van der Waals surface area contributed by atoms with Crippen molar-refractivity contribution in [2.45, 2.75) is 6.92 Å². The lowest BCUT2D eigenvalue weighted by Crippen LogP contribution is -2.08. The summed E-state index contributed by atoms with van der Waals surface area (Å²) in [5.74, 6) is -0.902. The lowest BCUT2D eigenvalue weighted by atomic mass is 10.1. The molecule has 0 bridgehead atoms. The summed E-state index contributed by atoms with van der Waals surface area (Å²) in [7, 11) is 0. The van der Waals surface area contributed by atoms with Gasteiger partial charge in [0.05, 0.1) is 5.52 Å². The van der Waals surface area contributed by atoms with E-state index in [0.29, 0.717) is 5.69 Å². The average Bonchev–Trinajstić information content (AvgIpc) is 2.52. The van der Waals surface area contributed by atoms with Crippen molar-refractivity contribution in [2.24, 2.45) is 0 Å². The molecule has 24 heavy (non-hydrogen) atoms. The molecule has 0 amide bonds. The number of nitrogens with one attached hydrogen (secondary N) is 1. The van der Waals surface area contributed by atoms with E-state index in [1.165, 1.54) is 18.5 Å². The summed E-state index contributed by atoms with van der Waals surface area (Å²) in [5, 5.41) is 11.8. The van der Waals surface area contributed by atoms with Crippen LogP contribution in [0.2, 0.25) is 0 Å². The summed E-state index contributed by atoms with van der Waals surface area (Å²) >= 11 is 2.17. The van der Waals surface area contributed by atoms with Crippen LogP contribution in [0.5, 0.6) is 5.75 Å². The van der Waals surface area contributed by atoms with Crippen LogP contribution in [-0.2, 0) is 0 Å². The summed E-state index contributed by atoms with van der Waals surface area (Å²) in [6.07, 6.45) is 1.21. The molecule has 8 heteroatoms. The number of nitrogens with zero attached hydrogens (tertiary/aromatic N) is 2. The fourth-order valence-corrected chi connectivity index (χ4v) is 2.89. The Morgan fingerprint density at radius 3 is 2.75 bits per heavy atom. The smallest absolute Gasteiger partial charge is 0.449 e. The van der Waals surface area contributed by atoms with Crippen LogP contribution in [0.15, 0.2) is 36.7 Å². The van der Waals surface area contributed by atoms with Crippen molar-refractivity contribution in [2.75, 3.05) is 5.32 Å². The lowest BCUT2D eigenvalue weighted by molar-refractivity contribution is 0.144. The molecule has 0 saturated carbocycles. The minimum Gasteiger partial charge on any atom is -0.449 e. The van der Waals surface area contributed by atoms with E-state index in [1.54, 1.807) is 6.07 Å². The monoisotopic (exact) mass is 439 g/mol. The Balaban J connectivity index is 2.16. The molecule has 3 rings (SSSR count). The maximum Gasteiger partial charge on any atom is 0.511 e. The molecule has 1 heterocycles. The van der Waals surface area contributed by atoms with Crippen molar-refractivity contribution < 1.29 is 19.0 Å². The third kappa shape index (κ3) is 3.23. The predicted octanol–water partition coefficient (Wildman–Crippen LogP) is 4.48. The minimum absolute atomic E-state index is 0.0286. The highest BCUT2D eigenvalue weighted by Gasteiger charge is 2.19. The Morgan fingerprint density at radius 2 is 2.04 bits per heavy atom. The van der Waals surface area contributed by atoms with E-state index >= 15 is 0 Å². The fourth-order valence-electron chi connectivity index (χ4n) is 2.24. The highest BCUT2D eigenvalue weighted by molar-refractivity contribution is 14.1. The Labute approximate surface area is 149 Å². The number of aromatic nitrogens is 2. The molecule has 0 radical (unpaired) electrons. The highest BCUT2D eigenvalue weighted by Crippen LogP contribution is 2.36. The van der Waals surface area contributed by atoms with Gasteiger partial charge < -0.3 is 15.2 Å². The number of carbonyl (C=O) groups is 1. The van der Waals surface area contributed by atoms with E-state index in [9.17, 15) is 9.18 Å². The standard InChI is InChI=1S/C16H11FIN3O3/c1-8-6-9(18)2-3-10(8)21-15-12(24-16(22)23)7-11-14(13(15)17)20-5-4-19-11/h2-7,21H,1H3,(H,22,23). The van der Waals surface area contributed by atoms with Crippen LogP contribution in [0.1, 0.15) is 5.56 Å². The Hall–Kier alpha value is -2.49. The summed E-state index contributed by atoms with van der Waals surface area (Å²) in [6, 6.07) is 6.89. The summed E-state index contributed by atoms with van der Waals surface area (Å²) in [4.78, 5) is 18.9. The van der Waals surface area contributed by atoms with Crippen LogP contribution in [0.25, 0.3) is 11.0 Å². The molecule has 0 aliphatic rings. The number of hydrogen-bond acceptors (Lipinski definition) is 5. The SMILES string of the molecule is Cc1cc(I)ccc1Nc1c(OC(=O)O)cc2nccnc2c1F. The van der Waals surface area contributed by atoms with Crippen molar-refractivity contribution in [3.05, 3.63) is 51.6 Å². The molecule has 3 aromatic rings. The highest BCUT2D eigenvalue weighted by atomic mass is 127. The maximum absolute atomic E-state index is 14.8. The number of fused-ring (bicyclic) bond motifs is 1. The maximum atomic E-state index is 14.8. The van der Waals surface area contributed by atoms with Gasteiger partial charge in [0, 0.05) is 27.7 Å². The second kappa shape index (κ2) is 6.56. The van der Waals surface area contributed by atoms with E-state index in [0.717, 1.165) is 9.13 Å². The first kappa shape index (κ1) is 16.4. The van der Waals surface area contributed by atoms with Crippen molar-refractivity contribution in [3.63, 3.8) is 0 Å². The Kier molecular flexibility index (Phi) is 4.47. The molecule has 0 unspecified atom stereocenters. The molecule has 2 aromatic carbocycles. The number of rotatable bonds is 3. The number of anilines is 2. The molecule has 122 valence electrons. The summed E-state index contributed by atoms with van der Waals surface area (Å²) in [6.45, 7) is 1.86. The van der Waals surface area contributed by atoms with Crippen molar-refractivity contribution in [3.8, 4) is 5.75 Å². The zero-order valence-electron chi connectivity index (χ0n) is 12.4. The van der Waals surface area contributed by atoms with Gasteiger partial charge in [-0.25, -0.2) is 14.2 Å². The topological polar surface area (TPSA) is 84.3 Å². The molecule has 6 nitrogen and oxygen atoms in total. The predicted molar refractivity (Wildman–Crippen MR) is 95.3 cm³/mol. The number of carboxylic acid groups (broad SMARTS) is 1. The number of aryl methyl sites for hydroxylation is 1. The van der Waals surface area contributed by atoms with Gasteiger partial charge in [0.2, 0.25) is 0 Å². The van der Waals surface area contributed by atoms with E-state index in [2.05, 4.69) is 37.9 Å². The Morgan fingerprint density at radius 1 is 1.29 bits per heavy atom. The van der Waals surface area contributed by atoms with Gasteiger partial charge in [-0.2, -0.15) is 0 Å². The quantitative estimate of drug-likeness (QED) is 0.356. The first-order valence-corrected chi connectivity index (χ1v) is 7.91.